The molecule has 2 fully saturated rings. The fourth-order valence-corrected chi connectivity index (χ4v) is 4.01. The van der Waals surface area contributed by atoms with Gasteiger partial charge in [-0.3, -0.25) is 9.89 Å². The molecule has 1 heterocycles. The summed E-state index contributed by atoms with van der Waals surface area (Å²) in [5.74, 6) is 1.08. The van der Waals surface area contributed by atoms with Gasteiger partial charge in [0.25, 0.3) is 0 Å². The molecule has 0 aromatic carbocycles. The first-order valence-electron chi connectivity index (χ1n) is 10.9. The number of hydrogen-bond donors (Lipinski definition) is 3. The summed E-state index contributed by atoms with van der Waals surface area (Å²) in [7, 11) is 1.80. The Balaban J connectivity index is 1.78. The zero-order valence-electron chi connectivity index (χ0n) is 18.7. The molecule has 2 atom stereocenters. The molecular weight excluding hydrogens is 354 g/mol. The van der Waals surface area contributed by atoms with E-state index in [0.29, 0.717) is 12.6 Å². The third kappa shape index (κ3) is 7.49. The summed E-state index contributed by atoms with van der Waals surface area (Å²) >= 11 is 0. The molecule has 7 heteroatoms. The number of alkyl carbamates (subject to hydrolysis) is 1. The zero-order chi connectivity index (χ0) is 20.7. The molecule has 0 aromatic rings. The number of guanidine groups is 1. The molecule has 162 valence electrons. The quantitative estimate of drug-likeness (QED) is 0.476. The Labute approximate surface area is 171 Å². The van der Waals surface area contributed by atoms with Gasteiger partial charge in [0.15, 0.2) is 5.96 Å². The van der Waals surface area contributed by atoms with E-state index in [-0.39, 0.29) is 18.1 Å². The second-order valence-corrected chi connectivity index (χ2v) is 9.51. The Bertz CT molecular complexity index is 523. The average Bonchev–Trinajstić information content (AvgIpc) is 3.26. The van der Waals surface area contributed by atoms with Crippen molar-refractivity contribution in [3.63, 3.8) is 0 Å². The molecule has 3 N–H and O–H groups in total. The Morgan fingerprint density at radius 1 is 1.21 bits per heavy atom. The predicted octanol–water partition coefficient (Wildman–Crippen LogP) is 2.72. The summed E-state index contributed by atoms with van der Waals surface area (Å²) in [6.07, 6.45) is 6.24. The van der Waals surface area contributed by atoms with Crippen molar-refractivity contribution in [1.29, 1.82) is 0 Å². The summed E-state index contributed by atoms with van der Waals surface area (Å²) in [5.41, 5.74) is -0.496. The zero-order valence-corrected chi connectivity index (χ0v) is 18.7. The lowest BCUT2D eigenvalue weighted by atomic mass is 10.0. The molecule has 28 heavy (non-hydrogen) atoms. The molecule has 1 amide bonds. The van der Waals surface area contributed by atoms with Crippen LogP contribution in [0.2, 0.25) is 0 Å². The lowest BCUT2D eigenvalue weighted by molar-refractivity contribution is 0.0491. The van der Waals surface area contributed by atoms with E-state index in [1.807, 2.05) is 20.8 Å². The van der Waals surface area contributed by atoms with Gasteiger partial charge in [-0.15, -0.1) is 0 Å². The van der Waals surface area contributed by atoms with E-state index < -0.39 is 5.60 Å². The van der Waals surface area contributed by atoms with Crippen LogP contribution in [0.25, 0.3) is 0 Å². The van der Waals surface area contributed by atoms with Crippen LogP contribution in [0, 0.1) is 5.92 Å². The first-order chi connectivity index (χ1) is 13.2. The maximum Gasteiger partial charge on any atom is 0.407 e. The van der Waals surface area contributed by atoms with Crippen LogP contribution in [-0.2, 0) is 4.74 Å². The fourth-order valence-electron chi connectivity index (χ4n) is 4.01. The molecule has 1 aliphatic heterocycles. The van der Waals surface area contributed by atoms with Crippen LogP contribution in [0.15, 0.2) is 4.99 Å². The van der Waals surface area contributed by atoms with Crippen LogP contribution in [0.4, 0.5) is 4.79 Å². The van der Waals surface area contributed by atoms with Crippen LogP contribution >= 0.6 is 0 Å². The second kappa shape index (κ2) is 10.3. The molecule has 0 bridgehead atoms. The molecule has 1 aliphatic carbocycles. The van der Waals surface area contributed by atoms with Gasteiger partial charge < -0.3 is 20.7 Å². The minimum absolute atomic E-state index is 0.0352. The van der Waals surface area contributed by atoms with E-state index in [1.54, 1.807) is 7.05 Å². The maximum absolute atomic E-state index is 12.1. The number of nitrogens with zero attached hydrogens (tertiary/aromatic N) is 2. The molecule has 0 spiro atoms. The second-order valence-electron chi connectivity index (χ2n) is 9.51. The van der Waals surface area contributed by atoms with Gasteiger partial charge in [-0.25, -0.2) is 4.79 Å². The molecule has 1 saturated heterocycles. The van der Waals surface area contributed by atoms with Crippen LogP contribution in [-0.4, -0.2) is 67.4 Å². The Kier molecular flexibility index (Phi) is 8.40. The van der Waals surface area contributed by atoms with Crippen molar-refractivity contribution in [2.75, 3.05) is 26.7 Å². The largest absolute Gasteiger partial charge is 0.444 e. The number of ether oxygens (including phenoxy) is 1. The highest BCUT2D eigenvalue weighted by atomic mass is 16.6. The number of aliphatic imine (C=N–C) groups is 1. The Morgan fingerprint density at radius 2 is 1.89 bits per heavy atom. The Morgan fingerprint density at radius 3 is 2.46 bits per heavy atom. The molecule has 0 aromatic heterocycles. The van der Waals surface area contributed by atoms with E-state index in [4.69, 9.17) is 4.74 Å². The average molecular weight is 396 g/mol. The number of amides is 1. The van der Waals surface area contributed by atoms with Gasteiger partial charge >= 0.3 is 6.09 Å². The smallest absolute Gasteiger partial charge is 0.407 e. The number of nitrogens with one attached hydrogen (secondary N) is 3. The van der Waals surface area contributed by atoms with Gasteiger partial charge in [0, 0.05) is 38.8 Å². The SMILES string of the molecule is CN=C(NCC(NC(=O)OC(C)(C)C)C(C)C)NC1CCN(C2CCCC2)C1. The van der Waals surface area contributed by atoms with Crippen molar-refractivity contribution in [2.24, 2.45) is 10.9 Å². The number of carbonyl (C=O) groups is 1. The first-order valence-corrected chi connectivity index (χ1v) is 10.9. The van der Waals surface area contributed by atoms with Gasteiger partial charge in [-0.1, -0.05) is 26.7 Å². The number of likely N-dealkylation sites (tertiary alicyclic amines) is 1. The number of carbonyl (C=O) groups excluding carboxylic acids is 1. The number of rotatable bonds is 6. The van der Waals surface area contributed by atoms with Crippen molar-refractivity contribution < 1.29 is 9.53 Å². The standard InChI is InChI=1S/C21H41N5O2/c1-15(2)18(25-20(27)28-21(3,4)5)13-23-19(22-6)24-16-11-12-26(14-16)17-9-7-8-10-17/h15-18H,7-14H2,1-6H3,(H,25,27)(H2,22,23,24). The lowest BCUT2D eigenvalue weighted by Crippen LogP contribution is -2.52. The summed E-state index contributed by atoms with van der Waals surface area (Å²) in [6, 6.07) is 1.18. The minimum Gasteiger partial charge on any atom is -0.444 e. The van der Waals surface area contributed by atoms with E-state index >= 15 is 0 Å². The predicted molar refractivity (Wildman–Crippen MR) is 115 cm³/mol. The van der Waals surface area contributed by atoms with E-state index in [1.165, 1.54) is 32.2 Å². The van der Waals surface area contributed by atoms with Crippen LogP contribution in [0.5, 0.6) is 0 Å². The summed E-state index contributed by atoms with van der Waals surface area (Å²) in [4.78, 5) is 19.1. The van der Waals surface area contributed by atoms with Crippen LogP contribution in [0.1, 0.15) is 66.7 Å². The summed E-state index contributed by atoms with van der Waals surface area (Å²) in [5, 5.41) is 9.91. The normalized spacial score (nSPS) is 23.1. The van der Waals surface area contributed by atoms with Crippen molar-refractivity contribution >= 4 is 12.1 Å². The van der Waals surface area contributed by atoms with Gasteiger partial charge in [-0.05, 0) is 46.0 Å². The molecule has 2 aliphatic rings. The van der Waals surface area contributed by atoms with Gasteiger partial charge in [0.1, 0.15) is 5.60 Å². The van der Waals surface area contributed by atoms with E-state index in [0.717, 1.165) is 25.0 Å². The molecule has 0 radical (unpaired) electrons. The van der Waals surface area contributed by atoms with Crippen molar-refractivity contribution in [1.82, 2.24) is 20.9 Å². The van der Waals surface area contributed by atoms with Gasteiger partial charge in [-0.2, -0.15) is 0 Å². The summed E-state index contributed by atoms with van der Waals surface area (Å²) in [6.45, 7) is 12.7. The highest BCUT2D eigenvalue weighted by Crippen LogP contribution is 2.26. The molecule has 2 unspecified atom stereocenters. The molecule has 1 saturated carbocycles. The fraction of sp³-hybridized carbons (Fsp3) is 0.905. The molecule has 7 nitrogen and oxygen atoms in total. The highest BCUT2D eigenvalue weighted by molar-refractivity contribution is 5.80. The minimum atomic E-state index is -0.496. The van der Waals surface area contributed by atoms with Crippen molar-refractivity contribution in [3.8, 4) is 0 Å². The maximum atomic E-state index is 12.1. The Hall–Kier alpha value is -1.50. The monoisotopic (exact) mass is 395 g/mol. The van der Waals surface area contributed by atoms with Crippen LogP contribution < -0.4 is 16.0 Å². The lowest BCUT2D eigenvalue weighted by Gasteiger charge is -2.27. The summed E-state index contributed by atoms with van der Waals surface area (Å²) < 4.78 is 5.39. The van der Waals surface area contributed by atoms with Crippen molar-refractivity contribution in [2.45, 2.75) is 90.4 Å². The van der Waals surface area contributed by atoms with Gasteiger partial charge in [0.05, 0.1) is 6.04 Å². The first kappa shape index (κ1) is 22.8. The highest BCUT2D eigenvalue weighted by Gasteiger charge is 2.30. The third-order valence-corrected chi connectivity index (χ3v) is 5.62. The van der Waals surface area contributed by atoms with E-state index in [2.05, 4.69) is 39.7 Å². The van der Waals surface area contributed by atoms with Gasteiger partial charge in [0.2, 0.25) is 0 Å². The van der Waals surface area contributed by atoms with E-state index in [9.17, 15) is 4.79 Å². The van der Waals surface area contributed by atoms with Crippen molar-refractivity contribution in [3.05, 3.63) is 0 Å². The topological polar surface area (TPSA) is 78.0 Å². The number of hydrogen-bond acceptors (Lipinski definition) is 4. The third-order valence-electron chi connectivity index (χ3n) is 5.62. The molecule has 2 rings (SSSR count). The van der Waals surface area contributed by atoms with Crippen LogP contribution in [0.3, 0.4) is 0 Å². The molecular formula is C21H41N5O2.